The Morgan fingerprint density at radius 3 is 2.66 bits per heavy atom. The first-order valence-electron chi connectivity index (χ1n) is 10.9. The molecule has 1 fully saturated rings. The minimum atomic E-state index is 0.127. The summed E-state index contributed by atoms with van der Waals surface area (Å²) in [5.74, 6) is 1.02. The summed E-state index contributed by atoms with van der Waals surface area (Å²) in [6, 6.07) is 12.6. The lowest BCUT2D eigenvalue weighted by atomic mass is 10.0. The number of amides is 1. The van der Waals surface area contributed by atoms with Gasteiger partial charge in [0.15, 0.2) is 0 Å². The van der Waals surface area contributed by atoms with Gasteiger partial charge < -0.3 is 10.1 Å². The summed E-state index contributed by atoms with van der Waals surface area (Å²) in [7, 11) is 0. The Kier molecular flexibility index (Phi) is 8.50. The molecule has 0 spiro atoms. The molecule has 5 nitrogen and oxygen atoms in total. The van der Waals surface area contributed by atoms with Crippen molar-refractivity contribution in [2.24, 2.45) is 0 Å². The molecule has 1 aliphatic rings. The zero-order valence-corrected chi connectivity index (χ0v) is 17.5. The van der Waals surface area contributed by atoms with Crippen LogP contribution in [0.5, 0.6) is 5.75 Å². The highest BCUT2D eigenvalue weighted by atomic mass is 16.5. The van der Waals surface area contributed by atoms with Gasteiger partial charge in [0.25, 0.3) is 0 Å². The van der Waals surface area contributed by atoms with Crippen molar-refractivity contribution in [2.75, 3.05) is 26.2 Å². The van der Waals surface area contributed by atoms with Crippen LogP contribution in [0.15, 0.2) is 48.8 Å². The second kappa shape index (κ2) is 11.6. The van der Waals surface area contributed by atoms with Crippen LogP contribution in [0, 0.1) is 0 Å². The van der Waals surface area contributed by atoms with E-state index in [4.69, 9.17) is 4.74 Å². The maximum absolute atomic E-state index is 12.4. The van der Waals surface area contributed by atoms with E-state index in [0.717, 1.165) is 31.7 Å². The van der Waals surface area contributed by atoms with Crippen LogP contribution >= 0.6 is 0 Å². The number of ether oxygens (including phenoxy) is 1. The smallest absolute Gasteiger partial charge is 0.220 e. The van der Waals surface area contributed by atoms with Gasteiger partial charge in [0.2, 0.25) is 5.91 Å². The predicted molar refractivity (Wildman–Crippen MR) is 116 cm³/mol. The Morgan fingerprint density at radius 2 is 1.97 bits per heavy atom. The number of benzene rings is 1. The lowest BCUT2D eigenvalue weighted by molar-refractivity contribution is -0.121. The SMILES string of the molecule is CCOc1ccc(C(CNC(=O)CCCc2cccnc2)N2CCCCC2)cc1. The third-order valence-electron chi connectivity index (χ3n) is 5.49. The van der Waals surface area contributed by atoms with Gasteiger partial charge in [-0.15, -0.1) is 0 Å². The van der Waals surface area contributed by atoms with Gasteiger partial charge in [0.05, 0.1) is 12.6 Å². The molecule has 0 radical (unpaired) electrons. The summed E-state index contributed by atoms with van der Waals surface area (Å²) < 4.78 is 5.58. The summed E-state index contributed by atoms with van der Waals surface area (Å²) >= 11 is 0. The lowest BCUT2D eigenvalue weighted by Gasteiger charge is -2.35. The van der Waals surface area contributed by atoms with Crippen LogP contribution in [0.2, 0.25) is 0 Å². The van der Waals surface area contributed by atoms with Crippen molar-refractivity contribution >= 4 is 5.91 Å². The van der Waals surface area contributed by atoms with Gasteiger partial charge in [0.1, 0.15) is 5.75 Å². The summed E-state index contributed by atoms with van der Waals surface area (Å²) in [6.07, 6.45) is 9.68. The molecule has 1 atom stereocenters. The van der Waals surface area contributed by atoms with Crippen molar-refractivity contribution in [2.45, 2.75) is 51.5 Å². The number of nitrogens with one attached hydrogen (secondary N) is 1. The van der Waals surface area contributed by atoms with E-state index in [1.807, 2.05) is 31.3 Å². The molecule has 1 aromatic carbocycles. The summed E-state index contributed by atoms with van der Waals surface area (Å²) in [5, 5.41) is 3.18. The molecule has 1 saturated heterocycles. The maximum atomic E-state index is 12.4. The van der Waals surface area contributed by atoms with Gasteiger partial charge in [-0.2, -0.15) is 0 Å². The molecule has 2 aromatic rings. The van der Waals surface area contributed by atoms with Crippen LogP contribution in [-0.2, 0) is 11.2 Å². The molecule has 3 rings (SSSR count). The first-order valence-corrected chi connectivity index (χ1v) is 10.9. The van der Waals surface area contributed by atoms with Gasteiger partial charge in [-0.05, 0) is 75.0 Å². The fourth-order valence-electron chi connectivity index (χ4n) is 3.94. The molecule has 1 amide bonds. The number of pyridine rings is 1. The molecule has 1 aromatic heterocycles. The molecule has 2 heterocycles. The average Bonchev–Trinajstić information content (AvgIpc) is 2.77. The van der Waals surface area contributed by atoms with Gasteiger partial charge >= 0.3 is 0 Å². The molecule has 0 saturated carbocycles. The first kappa shape index (κ1) is 21.3. The molecule has 1 N–H and O–H groups in total. The number of carbonyl (C=O) groups is 1. The van der Waals surface area contributed by atoms with Crippen LogP contribution in [0.25, 0.3) is 0 Å². The Hall–Kier alpha value is -2.40. The van der Waals surface area contributed by atoms with Crippen molar-refractivity contribution < 1.29 is 9.53 Å². The number of likely N-dealkylation sites (tertiary alicyclic amines) is 1. The van der Waals surface area contributed by atoms with Crippen molar-refractivity contribution in [3.8, 4) is 5.75 Å². The number of carbonyl (C=O) groups excluding carboxylic acids is 1. The summed E-state index contributed by atoms with van der Waals surface area (Å²) in [6.45, 7) is 5.50. The van der Waals surface area contributed by atoms with Gasteiger partial charge in [0, 0.05) is 25.4 Å². The Bertz CT molecular complexity index is 728. The first-order chi connectivity index (χ1) is 14.3. The number of hydrogen-bond acceptors (Lipinski definition) is 4. The van der Waals surface area contributed by atoms with Gasteiger partial charge in [-0.25, -0.2) is 0 Å². The second-order valence-electron chi connectivity index (χ2n) is 7.63. The highest BCUT2D eigenvalue weighted by molar-refractivity contribution is 5.75. The van der Waals surface area contributed by atoms with E-state index in [0.29, 0.717) is 19.6 Å². The minimum Gasteiger partial charge on any atom is -0.494 e. The van der Waals surface area contributed by atoms with E-state index in [-0.39, 0.29) is 11.9 Å². The lowest BCUT2D eigenvalue weighted by Crippen LogP contribution is -2.40. The fraction of sp³-hybridized carbons (Fsp3) is 0.500. The quantitative estimate of drug-likeness (QED) is 0.657. The monoisotopic (exact) mass is 395 g/mol. The van der Waals surface area contributed by atoms with E-state index in [1.165, 1.54) is 30.4 Å². The maximum Gasteiger partial charge on any atom is 0.220 e. The third kappa shape index (κ3) is 6.86. The predicted octanol–water partition coefficient (Wildman–Crippen LogP) is 4.15. The Labute approximate surface area is 174 Å². The zero-order chi connectivity index (χ0) is 20.3. The number of piperidine rings is 1. The third-order valence-corrected chi connectivity index (χ3v) is 5.49. The van der Waals surface area contributed by atoms with Gasteiger partial charge in [-0.1, -0.05) is 24.6 Å². The molecular formula is C24H33N3O2. The topological polar surface area (TPSA) is 54.5 Å². The number of aryl methyl sites for hydroxylation is 1. The molecule has 1 unspecified atom stereocenters. The van der Waals surface area contributed by atoms with Crippen molar-refractivity contribution in [3.05, 3.63) is 59.9 Å². The van der Waals surface area contributed by atoms with Gasteiger partial charge in [-0.3, -0.25) is 14.7 Å². The number of aromatic nitrogens is 1. The van der Waals surface area contributed by atoms with Crippen LogP contribution in [-0.4, -0.2) is 42.0 Å². The van der Waals surface area contributed by atoms with Crippen LogP contribution in [0.1, 0.15) is 56.2 Å². The summed E-state index contributed by atoms with van der Waals surface area (Å²) in [5.41, 5.74) is 2.42. The molecule has 1 aliphatic heterocycles. The molecule has 0 aliphatic carbocycles. The summed E-state index contributed by atoms with van der Waals surface area (Å²) in [4.78, 5) is 19.1. The number of rotatable bonds is 10. The van der Waals surface area contributed by atoms with E-state index in [9.17, 15) is 4.79 Å². The van der Waals surface area contributed by atoms with Crippen LogP contribution in [0.3, 0.4) is 0 Å². The van der Waals surface area contributed by atoms with Crippen molar-refractivity contribution in [3.63, 3.8) is 0 Å². The van der Waals surface area contributed by atoms with Crippen LogP contribution < -0.4 is 10.1 Å². The fourth-order valence-corrected chi connectivity index (χ4v) is 3.94. The Balaban J connectivity index is 1.54. The van der Waals surface area contributed by atoms with Crippen molar-refractivity contribution in [1.82, 2.24) is 15.2 Å². The molecular weight excluding hydrogens is 362 g/mol. The van der Waals surface area contributed by atoms with E-state index in [1.54, 1.807) is 6.20 Å². The van der Waals surface area contributed by atoms with E-state index < -0.39 is 0 Å². The van der Waals surface area contributed by atoms with Crippen molar-refractivity contribution in [1.29, 1.82) is 0 Å². The minimum absolute atomic E-state index is 0.127. The normalized spacial score (nSPS) is 15.6. The number of hydrogen-bond donors (Lipinski definition) is 1. The largest absolute Gasteiger partial charge is 0.494 e. The zero-order valence-electron chi connectivity index (χ0n) is 17.5. The Morgan fingerprint density at radius 1 is 1.17 bits per heavy atom. The molecule has 29 heavy (non-hydrogen) atoms. The second-order valence-corrected chi connectivity index (χ2v) is 7.63. The highest BCUT2D eigenvalue weighted by Gasteiger charge is 2.23. The average molecular weight is 396 g/mol. The number of nitrogens with zero attached hydrogens (tertiary/aromatic N) is 2. The van der Waals surface area contributed by atoms with E-state index >= 15 is 0 Å². The van der Waals surface area contributed by atoms with Crippen LogP contribution in [0.4, 0.5) is 0 Å². The molecule has 5 heteroatoms. The molecule has 156 valence electrons. The highest BCUT2D eigenvalue weighted by Crippen LogP contribution is 2.26. The molecule has 0 bridgehead atoms. The van der Waals surface area contributed by atoms with E-state index in [2.05, 4.69) is 33.4 Å². The standard InChI is InChI=1S/C24H33N3O2/c1-2-29-22-13-11-21(12-14-22)23(27-16-4-3-5-17-27)19-26-24(28)10-6-8-20-9-7-15-25-18-20/h7,9,11-15,18,23H,2-6,8,10,16-17,19H2,1H3,(H,26,28).